The van der Waals surface area contributed by atoms with Crippen molar-refractivity contribution in [1.29, 1.82) is 0 Å². The fraction of sp³-hybridized carbons (Fsp3) is 0.474. The summed E-state index contributed by atoms with van der Waals surface area (Å²) < 4.78 is 38.0. The molecule has 0 saturated carbocycles. The molecule has 1 saturated heterocycles. The highest BCUT2D eigenvalue weighted by Gasteiger charge is 2.31. The van der Waals surface area contributed by atoms with Crippen molar-refractivity contribution < 1.29 is 22.8 Å². The maximum atomic E-state index is 12.7. The zero-order chi connectivity index (χ0) is 21.2. The van der Waals surface area contributed by atoms with Crippen LogP contribution >= 0.6 is 11.3 Å². The smallest absolute Gasteiger partial charge is 0.339 e. The minimum absolute atomic E-state index is 0.155. The lowest BCUT2D eigenvalue weighted by Gasteiger charge is -2.31. The first-order valence-corrected chi connectivity index (χ1v) is 10.1. The van der Waals surface area contributed by atoms with Gasteiger partial charge in [-0.1, -0.05) is 25.2 Å². The minimum atomic E-state index is -4.43. The van der Waals surface area contributed by atoms with E-state index in [-0.39, 0.29) is 29.2 Å². The summed E-state index contributed by atoms with van der Waals surface area (Å²) in [4.78, 5) is 26.5. The molecule has 0 unspecified atom stereocenters. The summed E-state index contributed by atoms with van der Waals surface area (Å²) in [5, 5.41) is 12.1. The first-order chi connectivity index (χ1) is 13.6. The molecular weight excluding hydrogens is 405 g/mol. The molecule has 1 N–H and O–H groups in total. The SMILES string of the molecule is CC(C)c1nnc(NC(=O)C2CCN(C(=O)c3ccc(C(F)(F)F)cc3)CC2)s1. The Morgan fingerprint density at radius 2 is 1.76 bits per heavy atom. The molecule has 2 heterocycles. The molecule has 1 aliphatic heterocycles. The van der Waals surface area contributed by atoms with Crippen molar-refractivity contribution in [1.82, 2.24) is 15.1 Å². The molecule has 3 rings (SSSR count). The third-order valence-electron chi connectivity index (χ3n) is 4.78. The van der Waals surface area contributed by atoms with Crippen LogP contribution in [-0.2, 0) is 11.0 Å². The van der Waals surface area contributed by atoms with E-state index in [4.69, 9.17) is 0 Å². The van der Waals surface area contributed by atoms with Crippen molar-refractivity contribution in [2.45, 2.75) is 38.8 Å². The van der Waals surface area contributed by atoms with Crippen LogP contribution in [0.25, 0.3) is 0 Å². The number of alkyl halides is 3. The average Bonchev–Trinajstić information content (AvgIpc) is 3.16. The maximum absolute atomic E-state index is 12.7. The van der Waals surface area contributed by atoms with Crippen LogP contribution < -0.4 is 5.32 Å². The first kappa shape index (κ1) is 21.2. The summed E-state index contributed by atoms with van der Waals surface area (Å²) in [6, 6.07) is 4.18. The molecule has 1 aromatic carbocycles. The van der Waals surface area contributed by atoms with E-state index in [1.54, 1.807) is 4.90 Å². The maximum Gasteiger partial charge on any atom is 0.416 e. The van der Waals surface area contributed by atoms with Gasteiger partial charge in [0.05, 0.1) is 5.56 Å². The van der Waals surface area contributed by atoms with E-state index in [2.05, 4.69) is 15.5 Å². The molecular formula is C19H21F3N4O2S. The quantitative estimate of drug-likeness (QED) is 0.796. The van der Waals surface area contributed by atoms with Crippen LogP contribution in [0.5, 0.6) is 0 Å². The van der Waals surface area contributed by atoms with Crippen LogP contribution in [0.3, 0.4) is 0 Å². The Bertz CT molecular complexity index is 872. The predicted octanol–water partition coefficient (Wildman–Crippen LogP) is 4.17. The molecule has 6 nitrogen and oxygen atoms in total. The number of carbonyl (C=O) groups is 2. The highest BCUT2D eigenvalue weighted by Crippen LogP contribution is 2.30. The number of likely N-dealkylation sites (tertiary alicyclic amines) is 1. The average molecular weight is 426 g/mol. The molecule has 0 radical (unpaired) electrons. The van der Waals surface area contributed by atoms with E-state index in [0.29, 0.717) is 31.1 Å². The van der Waals surface area contributed by atoms with Gasteiger partial charge in [0.2, 0.25) is 11.0 Å². The van der Waals surface area contributed by atoms with Gasteiger partial charge in [-0.3, -0.25) is 9.59 Å². The molecule has 1 aromatic heterocycles. The third kappa shape index (κ3) is 5.11. The van der Waals surface area contributed by atoms with E-state index in [1.807, 2.05) is 13.8 Å². The minimum Gasteiger partial charge on any atom is -0.339 e. The molecule has 0 aliphatic carbocycles. The third-order valence-corrected chi connectivity index (χ3v) is 5.92. The number of aromatic nitrogens is 2. The molecule has 10 heteroatoms. The van der Waals surface area contributed by atoms with Crippen LogP contribution in [0, 0.1) is 5.92 Å². The summed E-state index contributed by atoms with van der Waals surface area (Å²) >= 11 is 1.34. The summed E-state index contributed by atoms with van der Waals surface area (Å²) in [5.74, 6) is -0.503. The normalized spacial score (nSPS) is 15.6. The Balaban J connectivity index is 1.54. The summed E-state index contributed by atoms with van der Waals surface area (Å²) in [5.41, 5.74) is -0.585. The topological polar surface area (TPSA) is 75.2 Å². The first-order valence-electron chi connectivity index (χ1n) is 9.26. The van der Waals surface area contributed by atoms with Crippen molar-refractivity contribution >= 4 is 28.3 Å². The molecule has 1 fully saturated rings. The van der Waals surface area contributed by atoms with E-state index >= 15 is 0 Å². The van der Waals surface area contributed by atoms with Crippen LogP contribution in [0.15, 0.2) is 24.3 Å². The number of amides is 2. The molecule has 156 valence electrons. The van der Waals surface area contributed by atoms with Crippen LogP contribution in [-0.4, -0.2) is 40.0 Å². The Kier molecular flexibility index (Phi) is 6.21. The summed E-state index contributed by atoms with van der Waals surface area (Å²) in [6.45, 7) is 4.72. The number of hydrogen-bond acceptors (Lipinski definition) is 5. The van der Waals surface area contributed by atoms with Gasteiger partial charge in [0, 0.05) is 30.5 Å². The van der Waals surface area contributed by atoms with E-state index in [9.17, 15) is 22.8 Å². The van der Waals surface area contributed by atoms with Gasteiger partial charge in [0.25, 0.3) is 5.91 Å². The Labute approximate surface area is 170 Å². The number of hydrogen-bond donors (Lipinski definition) is 1. The zero-order valence-corrected chi connectivity index (χ0v) is 16.8. The number of carbonyl (C=O) groups excluding carboxylic acids is 2. The second-order valence-electron chi connectivity index (χ2n) is 7.23. The van der Waals surface area contributed by atoms with E-state index in [0.717, 1.165) is 17.1 Å². The summed E-state index contributed by atoms with van der Waals surface area (Å²) in [7, 11) is 0. The zero-order valence-electron chi connectivity index (χ0n) is 16.0. The van der Waals surface area contributed by atoms with Crippen molar-refractivity contribution in [2.24, 2.45) is 5.92 Å². The van der Waals surface area contributed by atoms with Crippen molar-refractivity contribution in [2.75, 3.05) is 18.4 Å². The Morgan fingerprint density at radius 1 is 1.14 bits per heavy atom. The van der Waals surface area contributed by atoms with Gasteiger partial charge >= 0.3 is 6.18 Å². The molecule has 0 bridgehead atoms. The molecule has 29 heavy (non-hydrogen) atoms. The monoisotopic (exact) mass is 426 g/mol. The largest absolute Gasteiger partial charge is 0.416 e. The van der Waals surface area contributed by atoms with Gasteiger partial charge in [-0.05, 0) is 37.1 Å². The molecule has 2 amide bonds. The van der Waals surface area contributed by atoms with Gasteiger partial charge in [-0.15, -0.1) is 10.2 Å². The van der Waals surface area contributed by atoms with Crippen molar-refractivity contribution in [3.05, 3.63) is 40.4 Å². The number of anilines is 1. The predicted molar refractivity (Wildman–Crippen MR) is 103 cm³/mol. The van der Waals surface area contributed by atoms with Crippen molar-refractivity contribution in [3.63, 3.8) is 0 Å². The summed E-state index contributed by atoms with van der Waals surface area (Å²) in [6.07, 6.45) is -3.47. The van der Waals surface area contributed by atoms with Crippen LogP contribution in [0.2, 0.25) is 0 Å². The van der Waals surface area contributed by atoms with Gasteiger partial charge in [-0.25, -0.2) is 0 Å². The van der Waals surface area contributed by atoms with Crippen LogP contribution in [0.4, 0.5) is 18.3 Å². The number of piperidine rings is 1. The molecule has 2 aromatic rings. The molecule has 1 aliphatic rings. The van der Waals surface area contributed by atoms with E-state index in [1.165, 1.54) is 23.5 Å². The highest BCUT2D eigenvalue weighted by atomic mass is 32.1. The number of nitrogens with zero attached hydrogens (tertiary/aromatic N) is 3. The van der Waals surface area contributed by atoms with Crippen molar-refractivity contribution in [3.8, 4) is 0 Å². The second-order valence-corrected chi connectivity index (χ2v) is 8.24. The van der Waals surface area contributed by atoms with Gasteiger partial charge in [0.1, 0.15) is 5.01 Å². The van der Waals surface area contributed by atoms with Gasteiger partial charge < -0.3 is 10.2 Å². The fourth-order valence-electron chi connectivity index (χ4n) is 3.05. The van der Waals surface area contributed by atoms with Crippen LogP contribution in [0.1, 0.15) is 53.5 Å². The lowest BCUT2D eigenvalue weighted by molar-refractivity contribution is -0.137. The van der Waals surface area contributed by atoms with Gasteiger partial charge in [-0.2, -0.15) is 13.2 Å². The Hall–Kier alpha value is -2.49. The number of nitrogens with one attached hydrogen (secondary N) is 1. The number of halogens is 3. The number of rotatable bonds is 4. The van der Waals surface area contributed by atoms with E-state index < -0.39 is 11.7 Å². The molecule has 0 atom stereocenters. The number of benzene rings is 1. The lowest BCUT2D eigenvalue weighted by Crippen LogP contribution is -2.41. The Morgan fingerprint density at radius 3 is 2.28 bits per heavy atom. The lowest BCUT2D eigenvalue weighted by atomic mass is 9.95. The fourth-order valence-corrected chi connectivity index (χ4v) is 3.80. The second kappa shape index (κ2) is 8.48. The molecule has 0 spiro atoms. The highest BCUT2D eigenvalue weighted by molar-refractivity contribution is 7.15. The van der Waals surface area contributed by atoms with Gasteiger partial charge in [0.15, 0.2) is 0 Å². The standard InChI is InChI=1S/C19H21F3N4O2S/c1-11(2)16-24-25-18(29-16)23-15(27)12-7-9-26(10-8-12)17(28)13-3-5-14(6-4-13)19(20,21)22/h3-6,11-12H,7-10H2,1-2H3,(H,23,25,27).